The van der Waals surface area contributed by atoms with Gasteiger partial charge in [0.2, 0.25) is 0 Å². The van der Waals surface area contributed by atoms with E-state index in [1.54, 1.807) is 12.1 Å². The maximum absolute atomic E-state index is 14.4. The van der Waals surface area contributed by atoms with E-state index in [0.717, 1.165) is 23.7 Å². The van der Waals surface area contributed by atoms with Crippen molar-refractivity contribution in [3.05, 3.63) is 28.0 Å². The lowest BCUT2D eigenvalue weighted by molar-refractivity contribution is 0.456. The molecule has 3 fully saturated rings. The van der Waals surface area contributed by atoms with E-state index in [0.29, 0.717) is 21.8 Å². The van der Waals surface area contributed by atoms with Crippen LogP contribution in [-0.4, -0.2) is 11.0 Å². The fourth-order valence-corrected chi connectivity index (χ4v) is 5.41. The largest absolute Gasteiger partial charge is 0.389 e. The summed E-state index contributed by atoms with van der Waals surface area (Å²) in [5.41, 5.74) is 6.70. The van der Waals surface area contributed by atoms with Gasteiger partial charge in [-0.1, -0.05) is 12.2 Å². The van der Waals surface area contributed by atoms with Crippen molar-refractivity contribution in [2.75, 3.05) is 5.32 Å². The molecule has 2 bridgehead atoms. The highest BCUT2D eigenvalue weighted by Gasteiger charge is 2.65. The van der Waals surface area contributed by atoms with E-state index in [4.69, 9.17) is 18.0 Å². The Morgan fingerprint density at radius 1 is 1.30 bits per heavy atom. The van der Waals surface area contributed by atoms with E-state index in [-0.39, 0.29) is 10.8 Å². The second-order valence-electron chi connectivity index (χ2n) is 6.31. The van der Waals surface area contributed by atoms with Crippen LogP contribution in [0.1, 0.15) is 24.8 Å². The maximum Gasteiger partial charge on any atom is 0.161 e. The summed E-state index contributed by atoms with van der Waals surface area (Å²) in [4.78, 5) is 0.212. The number of hydrogen-bond donors (Lipinski definition) is 2. The molecule has 2 nitrogen and oxygen atoms in total. The molecule has 4 rings (SSSR count). The van der Waals surface area contributed by atoms with E-state index < -0.39 is 0 Å². The van der Waals surface area contributed by atoms with Crippen LogP contribution in [-0.2, 0) is 0 Å². The SMILES string of the molecule is NC(=S)c1ccc(NC2C3C4CCC(C4)C23)c(F)c1Br. The zero-order valence-electron chi connectivity index (χ0n) is 10.9. The van der Waals surface area contributed by atoms with Gasteiger partial charge in [0.1, 0.15) is 4.99 Å². The minimum Gasteiger partial charge on any atom is -0.389 e. The highest BCUT2D eigenvalue weighted by atomic mass is 79.9. The molecule has 0 saturated heterocycles. The van der Waals surface area contributed by atoms with Crippen molar-refractivity contribution in [1.82, 2.24) is 0 Å². The van der Waals surface area contributed by atoms with Gasteiger partial charge >= 0.3 is 0 Å². The topological polar surface area (TPSA) is 38.0 Å². The van der Waals surface area contributed by atoms with Gasteiger partial charge in [-0.2, -0.15) is 0 Å². The Hall–Kier alpha value is -0.680. The molecule has 0 spiro atoms. The van der Waals surface area contributed by atoms with E-state index in [1.165, 1.54) is 19.3 Å². The average Bonchev–Trinajstić information content (AvgIpc) is 2.81. The smallest absolute Gasteiger partial charge is 0.161 e. The molecule has 0 aliphatic heterocycles. The predicted molar refractivity (Wildman–Crippen MR) is 85.2 cm³/mol. The van der Waals surface area contributed by atoms with Crippen molar-refractivity contribution in [3.63, 3.8) is 0 Å². The Balaban J connectivity index is 1.56. The molecular formula is C15H16BrFN2S. The second kappa shape index (κ2) is 4.41. The lowest BCUT2D eigenvalue weighted by Crippen LogP contribution is -2.15. The van der Waals surface area contributed by atoms with Crippen molar-refractivity contribution in [1.29, 1.82) is 0 Å². The summed E-state index contributed by atoms with van der Waals surface area (Å²) in [5.74, 6) is 3.03. The van der Waals surface area contributed by atoms with E-state index in [1.807, 2.05) is 0 Å². The number of fused-ring (bicyclic) bond motifs is 5. The minimum absolute atomic E-state index is 0.212. The molecule has 0 amide bonds. The van der Waals surface area contributed by atoms with Gasteiger partial charge in [-0.3, -0.25) is 0 Å². The first-order valence-corrected chi connectivity index (χ1v) is 8.32. The Labute approximate surface area is 131 Å². The number of nitrogens with one attached hydrogen (secondary N) is 1. The minimum atomic E-state index is -0.285. The van der Waals surface area contributed by atoms with E-state index in [2.05, 4.69) is 21.2 Å². The number of benzene rings is 1. The lowest BCUT2D eigenvalue weighted by Gasteiger charge is -2.14. The Morgan fingerprint density at radius 2 is 1.95 bits per heavy atom. The monoisotopic (exact) mass is 354 g/mol. The molecule has 0 aromatic heterocycles. The van der Waals surface area contributed by atoms with Crippen molar-refractivity contribution in [2.24, 2.45) is 29.4 Å². The van der Waals surface area contributed by atoms with Crippen LogP contribution in [0.2, 0.25) is 0 Å². The molecule has 4 atom stereocenters. The molecule has 0 heterocycles. The summed E-state index contributed by atoms with van der Waals surface area (Å²) in [7, 11) is 0. The third kappa shape index (κ3) is 1.75. The Kier molecular flexibility index (Phi) is 2.87. The molecule has 106 valence electrons. The molecule has 3 aliphatic carbocycles. The molecule has 0 radical (unpaired) electrons. The van der Waals surface area contributed by atoms with Gasteiger partial charge in [0, 0.05) is 11.6 Å². The van der Waals surface area contributed by atoms with E-state index >= 15 is 0 Å². The van der Waals surface area contributed by atoms with Crippen molar-refractivity contribution in [2.45, 2.75) is 25.3 Å². The van der Waals surface area contributed by atoms with Gasteiger partial charge in [-0.15, -0.1) is 0 Å². The number of thiocarbonyl (C=S) groups is 1. The highest BCUT2D eigenvalue weighted by Crippen LogP contribution is 2.66. The van der Waals surface area contributed by atoms with Gasteiger partial charge in [0.25, 0.3) is 0 Å². The van der Waals surface area contributed by atoms with Crippen LogP contribution in [0.25, 0.3) is 0 Å². The van der Waals surface area contributed by atoms with Gasteiger partial charge in [-0.05, 0) is 71.0 Å². The number of nitrogens with two attached hydrogens (primary N) is 1. The first kappa shape index (κ1) is 13.0. The van der Waals surface area contributed by atoms with Crippen molar-refractivity contribution >= 4 is 38.8 Å². The molecule has 5 heteroatoms. The summed E-state index contributed by atoms with van der Waals surface area (Å²) >= 11 is 8.17. The maximum atomic E-state index is 14.4. The number of halogens is 2. The standard InChI is InChI=1S/C15H16BrFN2S/c16-12-8(15(18)20)3-4-9(13(12)17)19-14-10-6-1-2-7(5-6)11(10)14/h3-4,6-7,10-11,14,19H,1-2,5H2,(H2,18,20). The third-order valence-corrected chi connectivity index (χ3v) is 6.40. The summed E-state index contributed by atoms with van der Waals surface area (Å²) in [5, 5.41) is 3.40. The predicted octanol–water partition coefficient (Wildman–Crippen LogP) is 3.68. The van der Waals surface area contributed by atoms with Crippen LogP contribution in [0.5, 0.6) is 0 Å². The Morgan fingerprint density at radius 3 is 2.55 bits per heavy atom. The third-order valence-electron chi connectivity index (χ3n) is 5.41. The zero-order chi connectivity index (χ0) is 14.0. The summed E-state index contributed by atoms with van der Waals surface area (Å²) in [6.45, 7) is 0. The zero-order valence-corrected chi connectivity index (χ0v) is 13.3. The average molecular weight is 355 g/mol. The Bertz CT molecular complexity index is 590. The molecule has 4 unspecified atom stereocenters. The first-order valence-electron chi connectivity index (χ1n) is 7.12. The number of anilines is 1. The fourth-order valence-electron chi connectivity index (χ4n) is 4.55. The van der Waals surface area contributed by atoms with Crippen LogP contribution in [0.4, 0.5) is 10.1 Å². The normalized spacial score (nSPS) is 36.8. The van der Waals surface area contributed by atoms with Crippen LogP contribution < -0.4 is 11.1 Å². The fraction of sp³-hybridized carbons (Fsp3) is 0.533. The molecule has 20 heavy (non-hydrogen) atoms. The van der Waals surface area contributed by atoms with Crippen LogP contribution >= 0.6 is 28.1 Å². The molecule has 3 N–H and O–H groups in total. The molecule has 1 aromatic rings. The quantitative estimate of drug-likeness (QED) is 0.813. The van der Waals surface area contributed by atoms with Crippen molar-refractivity contribution < 1.29 is 4.39 Å². The summed E-state index contributed by atoms with van der Waals surface area (Å²) in [6.07, 6.45) is 4.15. The van der Waals surface area contributed by atoms with Gasteiger partial charge in [-0.25, -0.2) is 4.39 Å². The van der Waals surface area contributed by atoms with Crippen LogP contribution in [0.15, 0.2) is 16.6 Å². The number of hydrogen-bond acceptors (Lipinski definition) is 2. The van der Waals surface area contributed by atoms with E-state index in [9.17, 15) is 4.39 Å². The summed E-state index contributed by atoms with van der Waals surface area (Å²) < 4.78 is 14.7. The molecule has 3 saturated carbocycles. The lowest BCUT2D eigenvalue weighted by atomic mass is 10.0. The highest BCUT2D eigenvalue weighted by molar-refractivity contribution is 9.10. The first-order chi connectivity index (χ1) is 9.58. The molecule has 3 aliphatic rings. The van der Waals surface area contributed by atoms with Gasteiger partial charge < -0.3 is 11.1 Å². The van der Waals surface area contributed by atoms with Crippen LogP contribution in [0.3, 0.4) is 0 Å². The number of rotatable bonds is 3. The summed E-state index contributed by atoms with van der Waals surface area (Å²) in [6, 6.07) is 4.01. The second-order valence-corrected chi connectivity index (χ2v) is 7.54. The van der Waals surface area contributed by atoms with Gasteiger partial charge in [0.05, 0.1) is 10.2 Å². The molecular weight excluding hydrogens is 339 g/mol. The van der Waals surface area contributed by atoms with Crippen LogP contribution in [0, 0.1) is 29.5 Å². The van der Waals surface area contributed by atoms with Crippen molar-refractivity contribution in [3.8, 4) is 0 Å². The van der Waals surface area contributed by atoms with Gasteiger partial charge in [0.15, 0.2) is 5.82 Å². The molecule has 1 aromatic carbocycles.